The summed E-state index contributed by atoms with van der Waals surface area (Å²) in [5.41, 5.74) is 2.00. The minimum absolute atomic E-state index is 0.318. The fraction of sp³-hybridized carbons (Fsp3) is 0.105. The van der Waals surface area contributed by atoms with E-state index in [1.807, 2.05) is 13.0 Å². The van der Waals surface area contributed by atoms with Gasteiger partial charge in [-0.1, -0.05) is 29.8 Å². The Morgan fingerprint density at radius 3 is 2.50 bits per heavy atom. The third kappa shape index (κ3) is 3.21. The number of imide groups is 2. The first-order valence-electron chi connectivity index (χ1n) is 7.80. The molecule has 3 rings (SSSR count). The van der Waals surface area contributed by atoms with Crippen LogP contribution in [-0.4, -0.2) is 24.1 Å². The van der Waals surface area contributed by atoms with Gasteiger partial charge in [-0.05, 0) is 31.2 Å². The Kier molecular flexibility index (Phi) is 4.58. The molecule has 0 aliphatic carbocycles. The maximum Gasteiger partial charge on any atom is 0.335 e. The van der Waals surface area contributed by atoms with E-state index in [4.69, 9.17) is 5.26 Å². The Balaban J connectivity index is 1.92. The lowest BCUT2D eigenvalue weighted by Gasteiger charge is -2.28. The van der Waals surface area contributed by atoms with Crippen molar-refractivity contribution >= 4 is 35.4 Å². The lowest BCUT2D eigenvalue weighted by molar-refractivity contribution is -0.131. The van der Waals surface area contributed by atoms with Crippen molar-refractivity contribution < 1.29 is 14.4 Å². The van der Waals surface area contributed by atoms with E-state index in [1.54, 1.807) is 48.5 Å². The number of hydrogen-bond acceptors (Lipinski definition) is 5. The first kappa shape index (κ1) is 17.0. The molecule has 4 amide bonds. The van der Waals surface area contributed by atoms with E-state index in [-0.39, 0.29) is 0 Å². The number of nitrogens with zero attached hydrogens (tertiary/aromatic N) is 3. The zero-order valence-corrected chi connectivity index (χ0v) is 13.8. The quantitative estimate of drug-likeness (QED) is 0.681. The molecule has 0 aromatic heterocycles. The molecule has 7 nitrogen and oxygen atoms in total. The smallest absolute Gasteiger partial charge is 0.276 e. The number of amides is 4. The average Bonchev–Trinajstić information content (AvgIpc) is 2.63. The summed E-state index contributed by atoms with van der Waals surface area (Å²) in [6, 6.07) is 14.5. The maximum atomic E-state index is 12.7. The number of barbiturate groups is 1. The van der Waals surface area contributed by atoms with E-state index < -0.39 is 23.8 Å². The molecule has 1 aliphatic heterocycles. The number of benzene rings is 2. The van der Waals surface area contributed by atoms with Crippen molar-refractivity contribution in [1.29, 1.82) is 5.26 Å². The predicted molar refractivity (Wildman–Crippen MR) is 95.0 cm³/mol. The third-order valence-electron chi connectivity index (χ3n) is 3.88. The number of anilines is 1. The molecule has 7 heteroatoms. The molecule has 2 aromatic rings. The maximum absolute atomic E-state index is 12.7. The van der Waals surface area contributed by atoms with E-state index >= 15 is 0 Å². The molecule has 1 saturated heterocycles. The Morgan fingerprint density at radius 1 is 1.12 bits per heavy atom. The highest BCUT2D eigenvalue weighted by Gasteiger charge is 2.40. The van der Waals surface area contributed by atoms with Gasteiger partial charge in [0.2, 0.25) is 5.91 Å². The largest absolute Gasteiger partial charge is 0.335 e. The van der Waals surface area contributed by atoms with Crippen LogP contribution in [0.3, 0.4) is 0 Å². The van der Waals surface area contributed by atoms with E-state index in [9.17, 15) is 14.4 Å². The highest BCUT2D eigenvalue weighted by atomic mass is 16.2. The summed E-state index contributed by atoms with van der Waals surface area (Å²) in [4.78, 5) is 41.9. The molecule has 128 valence electrons. The lowest BCUT2D eigenvalue weighted by Crippen LogP contribution is -2.58. The van der Waals surface area contributed by atoms with Crippen LogP contribution in [0.5, 0.6) is 0 Å². The molecule has 1 heterocycles. The van der Waals surface area contributed by atoms with Crippen molar-refractivity contribution in [3.05, 3.63) is 59.7 Å². The van der Waals surface area contributed by atoms with Gasteiger partial charge in [-0.3, -0.25) is 19.9 Å². The zero-order valence-electron chi connectivity index (χ0n) is 13.8. The Bertz CT molecular complexity index is 957. The van der Waals surface area contributed by atoms with Gasteiger partial charge < -0.3 is 0 Å². The predicted octanol–water partition coefficient (Wildman–Crippen LogP) is 2.47. The van der Waals surface area contributed by atoms with E-state index in [2.05, 4.69) is 10.3 Å². The third-order valence-corrected chi connectivity index (χ3v) is 3.88. The van der Waals surface area contributed by atoms with Crippen LogP contribution in [0.4, 0.5) is 16.2 Å². The number of nitrogens with one attached hydrogen (secondary N) is 1. The summed E-state index contributed by atoms with van der Waals surface area (Å²) in [6.45, 7) is 1.88. The van der Waals surface area contributed by atoms with Crippen LogP contribution in [0.25, 0.3) is 0 Å². The van der Waals surface area contributed by atoms with Gasteiger partial charge in [0, 0.05) is 6.21 Å². The number of aryl methyl sites for hydroxylation is 1. The van der Waals surface area contributed by atoms with Gasteiger partial charge in [0.25, 0.3) is 5.91 Å². The minimum Gasteiger partial charge on any atom is -0.276 e. The average molecular weight is 346 g/mol. The number of carbonyl (C=O) groups excluding carboxylic acids is 3. The Labute approximate surface area is 149 Å². The van der Waals surface area contributed by atoms with Crippen molar-refractivity contribution in [2.75, 3.05) is 4.90 Å². The number of carbonyl (C=O) groups is 3. The second kappa shape index (κ2) is 6.99. The molecule has 0 bridgehead atoms. The molecule has 1 N–H and O–H groups in total. The highest BCUT2D eigenvalue weighted by molar-refractivity contribution is 6.32. The number of para-hydroxylation sites is 1. The van der Waals surface area contributed by atoms with Crippen LogP contribution in [-0.2, 0) is 9.59 Å². The molecule has 0 unspecified atom stereocenters. The molecular formula is C19H14N4O3. The second-order valence-electron chi connectivity index (χ2n) is 5.69. The molecule has 0 saturated carbocycles. The monoisotopic (exact) mass is 346 g/mol. The Hall–Kier alpha value is -3.79. The van der Waals surface area contributed by atoms with E-state index in [0.717, 1.165) is 16.7 Å². The van der Waals surface area contributed by atoms with E-state index in [1.165, 1.54) is 0 Å². The molecule has 1 aliphatic rings. The highest BCUT2D eigenvalue weighted by Crippen LogP contribution is 2.22. The van der Waals surface area contributed by atoms with E-state index in [0.29, 0.717) is 16.9 Å². The number of rotatable bonds is 3. The van der Waals surface area contributed by atoms with Crippen LogP contribution in [0, 0.1) is 24.2 Å². The summed E-state index contributed by atoms with van der Waals surface area (Å²) in [5, 5.41) is 11.2. The number of aliphatic imine (C=N–C) groups is 1. The number of hydrogen-bond donors (Lipinski definition) is 1. The summed E-state index contributed by atoms with van der Waals surface area (Å²) in [6.07, 6.45) is 1.15. The summed E-state index contributed by atoms with van der Waals surface area (Å²) >= 11 is 0. The van der Waals surface area contributed by atoms with Gasteiger partial charge in [0.1, 0.15) is 6.07 Å². The van der Waals surface area contributed by atoms with Crippen molar-refractivity contribution in [2.24, 2.45) is 10.9 Å². The van der Waals surface area contributed by atoms with Crippen molar-refractivity contribution in [2.45, 2.75) is 6.92 Å². The van der Waals surface area contributed by atoms with Gasteiger partial charge in [-0.2, -0.15) is 5.26 Å². The fourth-order valence-electron chi connectivity index (χ4n) is 2.50. The van der Waals surface area contributed by atoms with Crippen molar-refractivity contribution in [3.8, 4) is 6.07 Å². The minimum atomic E-state index is -1.26. The normalized spacial score (nSPS) is 17.3. The number of urea groups is 1. The second-order valence-corrected chi connectivity index (χ2v) is 5.69. The van der Waals surface area contributed by atoms with Crippen LogP contribution in [0.2, 0.25) is 0 Å². The molecule has 1 atom stereocenters. The van der Waals surface area contributed by atoms with Crippen LogP contribution in [0.15, 0.2) is 53.5 Å². The topological polar surface area (TPSA) is 103 Å². The zero-order chi connectivity index (χ0) is 18.7. The van der Waals surface area contributed by atoms with Gasteiger partial charge in [-0.15, -0.1) is 0 Å². The lowest BCUT2D eigenvalue weighted by atomic mass is 10.1. The SMILES string of the molecule is Cc1ccc(N2C(=O)NC(=O)[C@@H](C=Nc3ccccc3C#N)C2=O)cc1. The molecule has 0 radical (unpaired) electrons. The van der Waals surface area contributed by atoms with Crippen LogP contribution < -0.4 is 10.2 Å². The summed E-state index contributed by atoms with van der Waals surface area (Å²) in [7, 11) is 0. The molecule has 0 spiro atoms. The van der Waals surface area contributed by atoms with Crippen molar-refractivity contribution in [1.82, 2.24) is 5.32 Å². The van der Waals surface area contributed by atoms with Crippen LogP contribution >= 0.6 is 0 Å². The van der Waals surface area contributed by atoms with Gasteiger partial charge >= 0.3 is 6.03 Å². The molecule has 1 fully saturated rings. The first-order valence-corrected chi connectivity index (χ1v) is 7.80. The first-order chi connectivity index (χ1) is 12.5. The van der Waals surface area contributed by atoms with Crippen molar-refractivity contribution in [3.63, 3.8) is 0 Å². The summed E-state index contributed by atoms with van der Waals surface area (Å²) < 4.78 is 0. The molecule has 2 aromatic carbocycles. The van der Waals surface area contributed by atoms with Gasteiger partial charge in [0.05, 0.1) is 16.9 Å². The fourth-order valence-corrected chi connectivity index (χ4v) is 2.50. The van der Waals surface area contributed by atoms with Gasteiger partial charge in [0.15, 0.2) is 5.92 Å². The molecule has 26 heavy (non-hydrogen) atoms. The summed E-state index contributed by atoms with van der Waals surface area (Å²) in [5.74, 6) is -2.71. The standard InChI is InChI=1S/C19H14N4O3/c1-12-6-8-14(9-7-12)23-18(25)15(17(24)22-19(23)26)11-21-16-5-3-2-4-13(16)10-20/h2-9,11,15H,1H3,(H,22,24,26)/t15-/m1/s1. The molecular weight excluding hydrogens is 332 g/mol. The number of nitriles is 1. The van der Waals surface area contributed by atoms with Gasteiger partial charge in [-0.25, -0.2) is 9.69 Å². The van der Waals surface area contributed by atoms with Crippen LogP contribution in [0.1, 0.15) is 11.1 Å². The Morgan fingerprint density at radius 2 is 1.81 bits per heavy atom.